The second kappa shape index (κ2) is 5.45. The maximum atomic E-state index is 5.88. The van der Waals surface area contributed by atoms with Gasteiger partial charge in [-0.05, 0) is 6.42 Å². The van der Waals surface area contributed by atoms with Crippen LogP contribution >= 0.6 is 0 Å². The lowest BCUT2D eigenvalue weighted by atomic mass is 10.00. The molecule has 2 rings (SSSR count). The Kier molecular flexibility index (Phi) is 4.19. The van der Waals surface area contributed by atoms with E-state index in [4.69, 9.17) is 18.9 Å². The summed E-state index contributed by atoms with van der Waals surface area (Å²) >= 11 is 0. The van der Waals surface area contributed by atoms with Crippen molar-refractivity contribution in [1.29, 1.82) is 0 Å². The predicted octanol–water partition coefficient (Wildman–Crippen LogP) is 2.07. The molecule has 0 aromatic heterocycles. The van der Waals surface area contributed by atoms with Crippen LogP contribution in [0.25, 0.3) is 0 Å². The summed E-state index contributed by atoms with van der Waals surface area (Å²) in [5.74, 6) is -0.534. The Morgan fingerprint density at radius 1 is 1.38 bits per heavy atom. The molecule has 2 fully saturated rings. The second-order valence-corrected chi connectivity index (χ2v) is 4.48. The van der Waals surface area contributed by atoms with E-state index in [1.807, 2.05) is 0 Å². The average molecular weight is 230 g/mol. The van der Waals surface area contributed by atoms with E-state index in [2.05, 4.69) is 6.92 Å². The maximum absolute atomic E-state index is 5.88. The minimum absolute atomic E-state index is 0.0707. The van der Waals surface area contributed by atoms with Crippen LogP contribution < -0.4 is 0 Å². The summed E-state index contributed by atoms with van der Waals surface area (Å²) < 4.78 is 22.8. The van der Waals surface area contributed by atoms with Gasteiger partial charge in [-0.25, -0.2) is 0 Å². The van der Waals surface area contributed by atoms with Gasteiger partial charge in [0.2, 0.25) is 0 Å². The molecule has 94 valence electrons. The smallest absolute Gasteiger partial charge is 0.197 e. The molecule has 0 radical (unpaired) electrons. The summed E-state index contributed by atoms with van der Waals surface area (Å²) in [5, 5.41) is 0. The lowest BCUT2D eigenvalue weighted by molar-refractivity contribution is -0.337. The number of hydrogen-bond acceptors (Lipinski definition) is 4. The Hall–Kier alpha value is -0.160. The minimum atomic E-state index is -0.534. The van der Waals surface area contributed by atoms with Crippen LogP contribution in [-0.2, 0) is 18.9 Å². The number of methoxy groups -OCH3 is 1. The van der Waals surface area contributed by atoms with E-state index in [1.165, 1.54) is 6.42 Å². The third kappa shape index (κ3) is 2.40. The highest BCUT2D eigenvalue weighted by molar-refractivity contribution is 4.88. The zero-order valence-electron chi connectivity index (χ0n) is 10.2. The van der Waals surface area contributed by atoms with Crippen molar-refractivity contribution in [1.82, 2.24) is 0 Å². The molecule has 3 atom stereocenters. The molecule has 1 spiro atoms. The van der Waals surface area contributed by atoms with Gasteiger partial charge in [-0.1, -0.05) is 19.8 Å². The lowest BCUT2D eigenvalue weighted by Gasteiger charge is -2.40. The first-order valence-electron chi connectivity index (χ1n) is 6.27. The van der Waals surface area contributed by atoms with Crippen molar-refractivity contribution in [3.8, 4) is 0 Å². The molecular formula is C12H22O4. The van der Waals surface area contributed by atoms with Gasteiger partial charge in [-0.15, -0.1) is 0 Å². The zero-order valence-corrected chi connectivity index (χ0v) is 10.2. The summed E-state index contributed by atoms with van der Waals surface area (Å²) in [6, 6.07) is 0. The van der Waals surface area contributed by atoms with Gasteiger partial charge in [-0.3, -0.25) is 0 Å². The molecule has 2 aliphatic heterocycles. The van der Waals surface area contributed by atoms with E-state index in [0.717, 1.165) is 25.7 Å². The summed E-state index contributed by atoms with van der Waals surface area (Å²) in [4.78, 5) is 0. The number of unbranched alkanes of at least 4 members (excludes halogenated alkanes) is 1. The molecule has 0 N–H and O–H groups in total. The van der Waals surface area contributed by atoms with Crippen LogP contribution in [0.15, 0.2) is 0 Å². The summed E-state index contributed by atoms with van der Waals surface area (Å²) in [5.41, 5.74) is 0. The zero-order chi connectivity index (χ0) is 11.4. The van der Waals surface area contributed by atoms with Crippen LogP contribution in [0, 0.1) is 0 Å². The van der Waals surface area contributed by atoms with Crippen molar-refractivity contribution in [2.24, 2.45) is 0 Å². The maximum Gasteiger partial charge on any atom is 0.197 e. The van der Waals surface area contributed by atoms with Crippen LogP contribution in [0.5, 0.6) is 0 Å². The third-order valence-corrected chi connectivity index (χ3v) is 3.38. The lowest BCUT2D eigenvalue weighted by Crippen LogP contribution is -2.51. The highest BCUT2D eigenvalue weighted by Gasteiger charge is 2.50. The van der Waals surface area contributed by atoms with Crippen molar-refractivity contribution in [2.75, 3.05) is 20.3 Å². The fraction of sp³-hybridized carbons (Fsp3) is 1.00. The van der Waals surface area contributed by atoms with Gasteiger partial charge in [-0.2, -0.15) is 0 Å². The molecular weight excluding hydrogens is 208 g/mol. The van der Waals surface area contributed by atoms with Crippen LogP contribution in [-0.4, -0.2) is 38.5 Å². The molecule has 0 saturated carbocycles. The van der Waals surface area contributed by atoms with Crippen LogP contribution in [0.3, 0.4) is 0 Å². The van der Waals surface area contributed by atoms with Gasteiger partial charge in [0.1, 0.15) is 6.10 Å². The van der Waals surface area contributed by atoms with E-state index >= 15 is 0 Å². The second-order valence-electron chi connectivity index (χ2n) is 4.48. The number of hydrogen-bond donors (Lipinski definition) is 0. The Labute approximate surface area is 97.2 Å². The normalized spacial score (nSPS) is 39.4. The molecule has 2 aliphatic rings. The first-order valence-corrected chi connectivity index (χ1v) is 6.27. The molecule has 0 aliphatic carbocycles. The highest BCUT2D eigenvalue weighted by atomic mass is 16.8. The van der Waals surface area contributed by atoms with E-state index < -0.39 is 5.79 Å². The van der Waals surface area contributed by atoms with Gasteiger partial charge in [0, 0.05) is 20.0 Å². The minimum Gasteiger partial charge on any atom is -0.370 e. The van der Waals surface area contributed by atoms with E-state index in [9.17, 15) is 0 Å². The molecule has 0 aromatic rings. The highest BCUT2D eigenvalue weighted by Crippen LogP contribution is 2.39. The van der Waals surface area contributed by atoms with E-state index in [-0.39, 0.29) is 12.4 Å². The fourth-order valence-corrected chi connectivity index (χ4v) is 2.49. The Bertz CT molecular complexity index is 221. The largest absolute Gasteiger partial charge is 0.370 e. The van der Waals surface area contributed by atoms with Crippen molar-refractivity contribution >= 4 is 0 Å². The predicted molar refractivity (Wildman–Crippen MR) is 59.1 cm³/mol. The van der Waals surface area contributed by atoms with Gasteiger partial charge in [0.05, 0.1) is 13.2 Å². The molecule has 3 unspecified atom stereocenters. The standard InChI is InChI=1S/C12H22O4/c1-3-4-5-10-12(15-9-8-14-10)7-6-11(13-2)16-12/h10-11H,3-9H2,1-2H3. The van der Waals surface area contributed by atoms with Crippen molar-refractivity contribution in [3.05, 3.63) is 0 Å². The van der Waals surface area contributed by atoms with E-state index in [0.29, 0.717) is 13.2 Å². The molecule has 4 heteroatoms. The molecule has 2 saturated heterocycles. The van der Waals surface area contributed by atoms with Crippen LogP contribution in [0.2, 0.25) is 0 Å². The van der Waals surface area contributed by atoms with Crippen LogP contribution in [0.1, 0.15) is 39.0 Å². The average Bonchev–Trinajstić information content (AvgIpc) is 2.72. The summed E-state index contributed by atoms with van der Waals surface area (Å²) in [6.45, 7) is 3.49. The van der Waals surface area contributed by atoms with Crippen molar-refractivity contribution in [3.63, 3.8) is 0 Å². The Morgan fingerprint density at radius 3 is 2.94 bits per heavy atom. The Balaban J connectivity index is 1.98. The fourth-order valence-electron chi connectivity index (χ4n) is 2.49. The SMILES string of the molecule is CCCCC1OCCOC12CCC(OC)O2. The van der Waals surface area contributed by atoms with Gasteiger partial charge in [0.15, 0.2) is 12.1 Å². The first kappa shape index (κ1) is 12.3. The topological polar surface area (TPSA) is 36.9 Å². The third-order valence-electron chi connectivity index (χ3n) is 3.38. The van der Waals surface area contributed by atoms with Gasteiger partial charge < -0.3 is 18.9 Å². The molecule has 0 bridgehead atoms. The summed E-state index contributed by atoms with van der Waals surface area (Å²) in [7, 11) is 1.68. The van der Waals surface area contributed by atoms with Crippen LogP contribution in [0.4, 0.5) is 0 Å². The van der Waals surface area contributed by atoms with Gasteiger partial charge in [0.25, 0.3) is 0 Å². The number of rotatable bonds is 4. The molecule has 16 heavy (non-hydrogen) atoms. The van der Waals surface area contributed by atoms with Gasteiger partial charge >= 0.3 is 0 Å². The van der Waals surface area contributed by atoms with Crippen molar-refractivity contribution in [2.45, 2.75) is 57.2 Å². The Morgan fingerprint density at radius 2 is 2.25 bits per heavy atom. The quantitative estimate of drug-likeness (QED) is 0.741. The molecule has 0 amide bonds. The molecule has 0 aromatic carbocycles. The van der Waals surface area contributed by atoms with Crippen molar-refractivity contribution < 1.29 is 18.9 Å². The van der Waals surface area contributed by atoms with E-state index in [1.54, 1.807) is 7.11 Å². The first-order chi connectivity index (χ1) is 7.80. The monoisotopic (exact) mass is 230 g/mol. The number of ether oxygens (including phenoxy) is 4. The molecule has 2 heterocycles. The molecule has 4 nitrogen and oxygen atoms in total. The summed E-state index contributed by atoms with van der Waals surface area (Å²) in [6.07, 6.45) is 5.03.